The van der Waals surface area contributed by atoms with Crippen molar-refractivity contribution >= 4 is 5.97 Å². The number of likely N-dealkylation sites (N-methyl/N-ethyl adjacent to an activating group) is 1. The first-order chi connectivity index (χ1) is 9.85. The summed E-state index contributed by atoms with van der Waals surface area (Å²) in [5.41, 5.74) is 0.988. The van der Waals surface area contributed by atoms with Gasteiger partial charge in [-0.1, -0.05) is 18.2 Å². The number of rotatable bonds is 8. The fraction of sp³-hybridized carbons (Fsp3) is 0.529. The minimum Gasteiger partial charge on any atom is -0.478 e. The molecule has 21 heavy (non-hydrogen) atoms. The van der Waals surface area contributed by atoms with Gasteiger partial charge < -0.3 is 10.0 Å². The maximum atomic E-state index is 11.1. The van der Waals surface area contributed by atoms with Crippen molar-refractivity contribution in [2.45, 2.75) is 33.1 Å². The van der Waals surface area contributed by atoms with Gasteiger partial charge in [-0.3, -0.25) is 0 Å². The Labute approximate surface area is 127 Å². The van der Waals surface area contributed by atoms with Crippen LogP contribution in [0.15, 0.2) is 24.3 Å². The SMILES string of the molecule is CN(CCCC(C)(C)C#N)CCc1ccccc1C(=O)O. The summed E-state index contributed by atoms with van der Waals surface area (Å²) in [5.74, 6) is -0.871. The van der Waals surface area contributed by atoms with Crippen LogP contribution in [0.4, 0.5) is 0 Å². The highest BCUT2D eigenvalue weighted by atomic mass is 16.4. The lowest BCUT2D eigenvalue weighted by Gasteiger charge is -2.20. The molecule has 1 aromatic carbocycles. The van der Waals surface area contributed by atoms with Crippen molar-refractivity contribution in [3.63, 3.8) is 0 Å². The van der Waals surface area contributed by atoms with E-state index in [-0.39, 0.29) is 5.41 Å². The van der Waals surface area contributed by atoms with Crippen LogP contribution in [-0.2, 0) is 6.42 Å². The van der Waals surface area contributed by atoms with Crippen LogP contribution in [0.5, 0.6) is 0 Å². The van der Waals surface area contributed by atoms with E-state index in [2.05, 4.69) is 11.0 Å². The largest absolute Gasteiger partial charge is 0.478 e. The van der Waals surface area contributed by atoms with E-state index in [4.69, 9.17) is 10.4 Å². The Balaban J connectivity index is 2.42. The second-order valence-electron chi connectivity index (χ2n) is 6.11. The molecule has 0 saturated carbocycles. The molecule has 1 aromatic rings. The number of carbonyl (C=O) groups is 1. The molecule has 0 bridgehead atoms. The summed E-state index contributed by atoms with van der Waals surface area (Å²) < 4.78 is 0. The van der Waals surface area contributed by atoms with Crippen molar-refractivity contribution in [1.82, 2.24) is 4.90 Å². The van der Waals surface area contributed by atoms with Gasteiger partial charge in [-0.05, 0) is 58.3 Å². The summed E-state index contributed by atoms with van der Waals surface area (Å²) in [7, 11) is 2.03. The molecule has 0 radical (unpaired) electrons. The predicted molar refractivity (Wildman–Crippen MR) is 83.2 cm³/mol. The Hall–Kier alpha value is -1.86. The van der Waals surface area contributed by atoms with Gasteiger partial charge in [0.2, 0.25) is 0 Å². The molecule has 1 N–H and O–H groups in total. The smallest absolute Gasteiger partial charge is 0.335 e. The van der Waals surface area contributed by atoms with Crippen molar-refractivity contribution < 1.29 is 9.90 Å². The van der Waals surface area contributed by atoms with Gasteiger partial charge in [0.1, 0.15) is 0 Å². The standard InChI is InChI=1S/C17H24N2O2/c1-17(2,13-18)10-6-11-19(3)12-9-14-7-4-5-8-15(14)16(20)21/h4-5,7-8H,6,9-12H2,1-3H3,(H,20,21). The van der Waals surface area contributed by atoms with Crippen molar-refractivity contribution in [1.29, 1.82) is 5.26 Å². The third kappa shape index (κ3) is 5.97. The Morgan fingerprint density at radius 2 is 2.00 bits per heavy atom. The molecule has 4 nitrogen and oxygen atoms in total. The molecular weight excluding hydrogens is 264 g/mol. The number of benzene rings is 1. The first-order valence-electron chi connectivity index (χ1n) is 7.27. The van der Waals surface area contributed by atoms with Crippen LogP contribution < -0.4 is 0 Å². The molecule has 0 aliphatic carbocycles. The van der Waals surface area contributed by atoms with Gasteiger partial charge in [-0.25, -0.2) is 4.79 Å². The van der Waals surface area contributed by atoms with Crippen LogP contribution in [0.3, 0.4) is 0 Å². The summed E-state index contributed by atoms with van der Waals surface area (Å²) in [4.78, 5) is 13.3. The first kappa shape index (κ1) is 17.2. The summed E-state index contributed by atoms with van der Waals surface area (Å²) in [5, 5.41) is 18.1. The number of aromatic carboxylic acids is 1. The molecule has 0 unspecified atom stereocenters. The maximum absolute atomic E-state index is 11.1. The zero-order chi connectivity index (χ0) is 15.9. The van der Waals surface area contributed by atoms with Gasteiger partial charge in [0.05, 0.1) is 17.0 Å². The number of hydrogen-bond donors (Lipinski definition) is 1. The van der Waals surface area contributed by atoms with Crippen LogP contribution in [-0.4, -0.2) is 36.1 Å². The Kier molecular flexibility index (Phi) is 6.39. The Morgan fingerprint density at radius 3 is 2.62 bits per heavy atom. The lowest BCUT2D eigenvalue weighted by Crippen LogP contribution is -2.24. The average Bonchev–Trinajstić information content (AvgIpc) is 2.45. The van der Waals surface area contributed by atoms with Gasteiger partial charge in [0.15, 0.2) is 0 Å². The number of carboxylic acids is 1. The van der Waals surface area contributed by atoms with E-state index < -0.39 is 5.97 Å². The maximum Gasteiger partial charge on any atom is 0.335 e. The highest BCUT2D eigenvalue weighted by molar-refractivity contribution is 5.89. The van der Waals surface area contributed by atoms with E-state index in [9.17, 15) is 4.79 Å². The lowest BCUT2D eigenvalue weighted by molar-refractivity contribution is 0.0695. The number of nitriles is 1. The minimum atomic E-state index is -0.871. The van der Waals surface area contributed by atoms with Crippen LogP contribution in [0.1, 0.15) is 42.6 Å². The highest BCUT2D eigenvalue weighted by Crippen LogP contribution is 2.20. The van der Waals surface area contributed by atoms with Crippen molar-refractivity contribution in [3.8, 4) is 6.07 Å². The van der Waals surface area contributed by atoms with Gasteiger partial charge in [0, 0.05) is 6.54 Å². The van der Waals surface area contributed by atoms with E-state index in [0.717, 1.165) is 37.9 Å². The molecule has 0 aliphatic rings. The fourth-order valence-corrected chi connectivity index (χ4v) is 2.22. The molecular formula is C17H24N2O2. The molecule has 4 heteroatoms. The van der Waals surface area contributed by atoms with Crippen LogP contribution in [0.25, 0.3) is 0 Å². The van der Waals surface area contributed by atoms with Crippen LogP contribution in [0.2, 0.25) is 0 Å². The molecule has 1 rings (SSSR count). The normalized spacial score (nSPS) is 11.4. The van der Waals surface area contributed by atoms with Crippen molar-refractivity contribution in [2.75, 3.05) is 20.1 Å². The molecule has 0 spiro atoms. The van der Waals surface area contributed by atoms with Crippen LogP contribution in [0, 0.1) is 16.7 Å². The van der Waals surface area contributed by atoms with Gasteiger partial charge in [-0.2, -0.15) is 5.26 Å². The van der Waals surface area contributed by atoms with Gasteiger partial charge >= 0.3 is 5.97 Å². The van der Waals surface area contributed by atoms with E-state index in [1.165, 1.54) is 0 Å². The topological polar surface area (TPSA) is 64.3 Å². The van der Waals surface area contributed by atoms with E-state index in [1.807, 2.05) is 33.0 Å². The summed E-state index contributed by atoms with van der Waals surface area (Å²) in [6.07, 6.45) is 2.57. The molecule has 0 aliphatic heterocycles. The summed E-state index contributed by atoms with van der Waals surface area (Å²) in [6.45, 7) is 5.64. The lowest BCUT2D eigenvalue weighted by atomic mass is 9.90. The molecule has 0 atom stereocenters. The molecule has 0 fully saturated rings. The average molecular weight is 288 g/mol. The monoisotopic (exact) mass is 288 g/mol. The van der Waals surface area contributed by atoms with Gasteiger partial charge in [0.25, 0.3) is 0 Å². The van der Waals surface area contributed by atoms with Crippen molar-refractivity contribution in [2.24, 2.45) is 5.41 Å². The Morgan fingerprint density at radius 1 is 1.33 bits per heavy atom. The van der Waals surface area contributed by atoms with E-state index >= 15 is 0 Å². The molecule has 114 valence electrons. The van der Waals surface area contributed by atoms with E-state index in [1.54, 1.807) is 12.1 Å². The van der Waals surface area contributed by atoms with Crippen LogP contribution >= 0.6 is 0 Å². The Bertz CT molecular complexity index is 518. The molecule has 0 heterocycles. The number of carboxylic acid groups (broad SMARTS) is 1. The third-order valence-electron chi connectivity index (χ3n) is 3.65. The summed E-state index contributed by atoms with van der Waals surface area (Å²) >= 11 is 0. The zero-order valence-electron chi connectivity index (χ0n) is 13.1. The fourth-order valence-electron chi connectivity index (χ4n) is 2.22. The zero-order valence-corrected chi connectivity index (χ0v) is 13.1. The highest BCUT2D eigenvalue weighted by Gasteiger charge is 2.16. The first-order valence-corrected chi connectivity index (χ1v) is 7.27. The molecule has 0 saturated heterocycles. The second-order valence-corrected chi connectivity index (χ2v) is 6.11. The summed E-state index contributed by atoms with van der Waals surface area (Å²) in [6, 6.07) is 9.45. The quantitative estimate of drug-likeness (QED) is 0.798. The minimum absolute atomic E-state index is 0.267. The number of hydrogen-bond acceptors (Lipinski definition) is 3. The second kappa shape index (κ2) is 7.80. The van der Waals surface area contributed by atoms with Gasteiger partial charge in [-0.15, -0.1) is 0 Å². The molecule has 0 amide bonds. The number of nitrogens with zero attached hydrogens (tertiary/aromatic N) is 2. The third-order valence-corrected chi connectivity index (χ3v) is 3.65. The van der Waals surface area contributed by atoms with E-state index in [0.29, 0.717) is 5.56 Å². The predicted octanol–water partition coefficient (Wildman–Crippen LogP) is 3.19. The van der Waals surface area contributed by atoms with Crippen molar-refractivity contribution in [3.05, 3.63) is 35.4 Å². The molecule has 0 aromatic heterocycles.